The van der Waals surface area contributed by atoms with Gasteiger partial charge in [0.15, 0.2) is 0 Å². The fraction of sp³-hybridized carbons (Fsp3) is 0.917. The Kier molecular flexibility index (Phi) is 4.58. The molecule has 1 aliphatic carbocycles. The van der Waals surface area contributed by atoms with E-state index in [0.717, 1.165) is 38.6 Å². The SMILES string of the molecule is CCC(C)CNC1(C(=O)O)CCCCC1. The second kappa shape index (κ2) is 5.50. The highest BCUT2D eigenvalue weighted by molar-refractivity contribution is 5.78. The summed E-state index contributed by atoms with van der Waals surface area (Å²) in [6.45, 7) is 5.12. The standard InChI is InChI=1S/C12H23NO2/c1-3-10(2)9-13-12(11(14)15)7-5-4-6-8-12/h10,13H,3-9H2,1-2H3,(H,14,15). The van der Waals surface area contributed by atoms with Gasteiger partial charge in [0, 0.05) is 0 Å². The molecule has 1 fully saturated rings. The summed E-state index contributed by atoms with van der Waals surface area (Å²) in [6.07, 6.45) is 5.94. The van der Waals surface area contributed by atoms with Gasteiger partial charge in [0.05, 0.1) is 0 Å². The van der Waals surface area contributed by atoms with E-state index in [1.165, 1.54) is 6.42 Å². The molecule has 0 amide bonds. The minimum atomic E-state index is -0.662. The van der Waals surface area contributed by atoms with Crippen molar-refractivity contribution >= 4 is 5.97 Å². The van der Waals surface area contributed by atoms with Gasteiger partial charge in [-0.2, -0.15) is 0 Å². The van der Waals surface area contributed by atoms with Crippen molar-refractivity contribution in [3.05, 3.63) is 0 Å². The molecule has 0 heterocycles. The Morgan fingerprint density at radius 2 is 2.00 bits per heavy atom. The maximum Gasteiger partial charge on any atom is 0.323 e. The van der Waals surface area contributed by atoms with Gasteiger partial charge in [-0.15, -0.1) is 0 Å². The van der Waals surface area contributed by atoms with E-state index in [4.69, 9.17) is 0 Å². The lowest BCUT2D eigenvalue weighted by atomic mass is 9.81. The Morgan fingerprint density at radius 3 is 2.47 bits per heavy atom. The quantitative estimate of drug-likeness (QED) is 0.737. The molecule has 0 aromatic heterocycles. The minimum absolute atomic E-state index is 0.558. The van der Waals surface area contributed by atoms with Crippen LogP contribution in [0.25, 0.3) is 0 Å². The number of nitrogens with one attached hydrogen (secondary N) is 1. The maximum atomic E-state index is 11.3. The first-order valence-corrected chi connectivity index (χ1v) is 6.09. The second-order valence-electron chi connectivity index (χ2n) is 4.84. The van der Waals surface area contributed by atoms with Gasteiger partial charge in [-0.05, 0) is 25.3 Å². The van der Waals surface area contributed by atoms with Crippen LogP contribution in [-0.4, -0.2) is 23.2 Å². The third-order valence-electron chi connectivity index (χ3n) is 3.60. The predicted octanol–water partition coefficient (Wildman–Crippen LogP) is 2.41. The van der Waals surface area contributed by atoms with Crippen molar-refractivity contribution in [2.45, 2.75) is 57.9 Å². The summed E-state index contributed by atoms with van der Waals surface area (Å²) in [5, 5.41) is 12.6. The highest BCUT2D eigenvalue weighted by Gasteiger charge is 2.38. The number of carboxylic acids is 1. The van der Waals surface area contributed by atoms with Crippen molar-refractivity contribution in [1.82, 2.24) is 5.32 Å². The summed E-state index contributed by atoms with van der Waals surface area (Å²) < 4.78 is 0. The molecule has 1 atom stereocenters. The van der Waals surface area contributed by atoms with Gasteiger partial charge >= 0.3 is 5.97 Å². The van der Waals surface area contributed by atoms with Crippen LogP contribution in [0.15, 0.2) is 0 Å². The van der Waals surface area contributed by atoms with Crippen LogP contribution in [0.3, 0.4) is 0 Å². The number of aliphatic carboxylic acids is 1. The first kappa shape index (κ1) is 12.5. The molecule has 1 rings (SSSR count). The van der Waals surface area contributed by atoms with E-state index in [9.17, 15) is 9.90 Å². The molecule has 2 N–H and O–H groups in total. The van der Waals surface area contributed by atoms with Crippen molar-refractivity contribution in [2.24, 2.45) is 5.92 Å². The third-order valence-corrected chi connectivity index (χ3v) is 3.60. The average Bonchev–Trinajstić information content (AvgIpc) is 2.27. The molecule has 1 unspecified atom stereocenters. The van der Waals surface area contributed by atoms with Gasteiger partial charge in [0.2, 0.25) is 0 Å². The molecule has 3 heteroatoms. The van der Waals surface area contributed by atoms with E-state index in [1.807, 2.05) is 0 Å². The fourth-order valence-corrected chi connectivity index (χ4v) is 2.14. The number of carboxylic acid groups (broad SMARTS) is 1. The number of rotatable bonds is 5. The van der Waals surface area contributed by atoms with Crippen molar-refractivity contribution in [3.63, 3.8) is 0 Å². The van der Waals surface area contributed by atoms with E-state index in [-0.39, 0.29) is 0 Å². The van der Waals surface area contributed by atoms with Gasteiger partial charge in [-0.1, -0.05) is 39.5 Å². The van der Waals surface area contributed by atoms with Crippen molar-refractivity contribution in [2.75, 3.05) is 6.54 Å². The molecule has 0 aliphatic heterocycles. The Bertz CT molecular complexity index is 210. The zero-order valence-electron chi connectivity index (χ0n) is 9.88. The van der Waals surface area contributed by atoms with Crippen LogP contribution in [0.2, 0.25) is 0 Å². The van der Waals surface area contributed by atoms with Gasteiger partial charge in [0.25, 0.3) is 0 Å². The first-order chi connectivity index (χ1) is 7.10. The van der Waals surface area contributed by atoms with Crippen molar-refractivity contribution in [3.8, 4) is 0 Å². The van der Waals surface area contributed by atoms with E-state index in [1.54, 1.807) is 0 Å². The zero-order chi connectivity index (χ0) is 11.3. The van der Waals surface area contributed by atoms with Gasteiger partial charge in [0.1, 0.15) is 5.54 Å². The molecule has 3 nitrogen and oxygen atoms in total. The topological polar surface area (TPSA) is 49.3 Å². The third kappa shape index (κ3) is 3.20. The van der Waals surface area contributed by atoms with Crippen molar-refractivity contribution < 1.29 is 9.90 Å². The summed E-state index contributed by atoms with van der Waals surface area (Å²) >= 11 is 0. The molecule has 15 heavy (non-hydrogen) atoms. The molecule has 0 spiro atoms. The summed E-state index contributed by atoms with van der Waals surface area (Å²) in [6, 6.07) is 0. The zero-order valence-corrected chi connectivity index (χ0v) is 9.88. The lowest BCUT2D eigenvalue weighted by Gasteiger charge is -2.35. The van der Waals surface area contributed by atoms with Gasteiger partial charge in [-0.3, -0.25) is 4.79 Å². The van der Waals surface area contributed by atoms with E-state index < -0.39 is 11.5 Å². The summed E-state index contributed by atoms with van der Waals surface area (Å²) in [5.41, 5.74) is -0.623. The molecular weight excluding hydrogens is 190 g/mol. The van der Waals surface area contributed by atoms with Crippen LogP contribution in [0.1, 0.15) is 52.4 Å². The smallest absolute Gasteiger partial charge is 0.323 e. The van der Waals surface area contributed by atoms with Crippen LogP contribution in [-0.2, 0) is 4.79 Å². The lowest BCUT2D eigenvalue weighted by molar-refractivity contribution is -0.146. The number of hydrogen-bond acceptors (Lipinski definition) is 2. The molecule has 1 aliphatic rings. The predicted molar refractivity (Wildman–Crippen MR) is 60.9 cm³/mol. The Labute approximate surface area is 92.3 Å². The molecular formula is C12H23NO2. The highest BCUT2D eigenvalue weighted by atomic mass is 16.4. The summed E-state index contributed by atoms with van der Waals surface area (Å²) in [4.78, 5) is 11.3. The van der Waals surface area contributed by atoms with Gasteiger partial charge in [-0.25, -0.2) is 0 Å². The maximum absolute atomic E-state index is 11.3. The van der Waals surface area contributed by atoms with E-state index in [2.05, 4.69) is 19.2 Å². The monoisotopic (exact) mass is 213 g/mol. The molecule has 0 bridgehead atoms. The fourth-order valence-electron chi connectivity index (χ4n) is 2.14. The minimum Gasteiger partial charge on any atom is -0.480 e. The first-order valence-electron chi connectivity index (χ1n) is 6.09. The molecule has 1 saturated carbocycles. The summed E-state index contributed by atoms with van der Waals surface area (Å²) in [7, 11) is 0. The van der Waals surface area contributed by atoms with Crippen molar-refractivity contribution in [1.29, 1.82) is 0 Å². The number of hydrogen-bond donors (Lipinski definition) is 2. The molecule has 0 saturated heterocycles. The van der Waals surface area contributed by atoms with E-state index in [0.29, 0.717) is 5.92 Å². The molecule has 0 radical (unpaired) electrons. The van der Waals surface area contributed by atoms with Crippen LogP contribution in [0.4, 0.5) is 0 Å². The Balaban J connectivity index is 2.53. The molecule has 88 valence electrons. The number of carbonyl (C=O) groups is 1. The van der Waals surface area contributed by atoms with Crippen LogP contribution in [0, 0.1) is 5.92 Å². The molecule has 0 aromatic rings. The largest absolute Gasteiger partial charge is 0.480 e. The Morgan fingerprint density at radius 1 is 1.40 bits per heavy atom. The van der Waals surface area contributed by atoms with Gasteiger partial charge < -0.3 is 10.4 Å². The molecule has 0 aromatic carbocycles. The van der Waals surface area contributed by atoms with Crippen LogP contribution in [0.5, 0.6) is 0 Å². The van der Waals surface area contributed by atoms with Crippen LogP contribution < -0.4 is 5.32 Å². The van der Waals surface area contributed by atoms with Crippen LogP contribution >= 0.6 is 0 Å². The summed E-state index contributed by atoms with van der Waals surface area (Å²) in [5.74, 6) is -0.103. The van der Waals surface area contributed by atoms with E-state index >= 15 is 0 Å². The lowest BCUT2D eigenvalue weighted by Crippen LogP contribution is -2.54. The Hall–Kier alpha value is -0.570. The normalized spacial score (nSPS) is 22.3. The second-order valence-corrected chi connectivity index (χ2v) is 4.84. The average molecular weight is 213 g/mol. The highest BCUT2D eigenvalue weighted by Crippen LogP contribution is 2.28.